The van der Waals surface area contributed by atoms with Crippen LogP contribution in [0.25, 0.3) is 0 Å². The zero-order valence-electron chi connectivity index (χ0n) is 10.4. The van der Waals surface area contributed by atoms with Crippen LogP contribution < -0.4 is 10.6 Å². The number of hydrogen-bond donors (Lipinski definition) is 3. The van der Waals surface area contributed by atoms with E-state index in [2.05, 4.69) is 10.6 Å². The number of phenols is 1. The number of benzene rings is 1. The molecule has 1 amide bonds. The normalized spacial score (nSPS) is 19.5. The molecule has 5 nitrogen and oxygen atoms in total. The van der Waals surface area contributed by atoms with E-state index < -0.39 is 0 Å². The largest absolute Gasteiger partial charge is 0.508 e. The molecular formula is C13H18N2O3. The van der Waals surface area contributed by atoms with Crippen molar-refractivity contribution in [1.29, 1.82) is 0 Å². The molecule has 1 fully saturated rings. The molecule has 1 heterocycles. The summed E-state index contributed by atoms with van der Waals surface area (Å²) in [6.45, 7) is 3.86. The second kappa shape index (κ2) is 5.84. The number of phenolic OH excluding ortho intramolecular Hbond substituents is 1. The van der Waals surface area contributed by atoms with Crippen LogP contribution in [0, 0.1) is 6.92 Å². The summed E-state index contributed by atoms with van der Waals surface area (Å²) in [4.78, 5) is 11.8. The summed E-state index contributed by atoms with van der Waals surface area (Å²) in [7, 11) is 0. The maximum atomic E-state index is 11.8. The summed E-state index contributed by atoms with van der Waals surface area (Å²) in [5.74, 6) is 0.179. The average molecular weight is 250 g/mol. The van der Waals surface area contributed by atoms with Gasteiger partial charge in [0.15, 0.2) is 0 Å². The average Bonchev–Trinajstić information content (AvgIpc) is 2.35. The van der Waals surface area contributed by atoms with Crippen molar-refractivity contribution in [3.63, 3.8) is 0 Å². The van der Waals surface area contributed by atoms with Crippen LogP contribution >= 0.6 is 0 Å². The van der Waals surface area contributed by atoms with E-state index in [4.69, 9.17) is 4.74 Å². The number of ether oxygens (including phenoxy) is 1. The van der Waals surface area contributed by atoms with Crippen molar-refractivity contribution in [2.24, 2.45) is 0 Å². The molecule has 1 aliphatic rings. The summed E-state index contributed by atoms with van der Waals surface area (Å²) in [6.07, 6.45) is 0.389. The van der Waals surface area contributed by atoms with Gasteiger partial charge in [-0.15, -0.1) is 0 Å². The second-order valence-electron chi connectivity index (χ2n) is 4.48. The highest BCUT2D eigenvalue weighted by Gasteiger charge is 2.16. The van der Waals surface area contributed by atoms with Gasteiger partial charge in [0.2, 0.25) is 5.91 Å². The van der Waals surface area contributed by atoms with E-state index in [1.54, 1.807) is 25.1 Å². The molecular weight excluding hydrogens is 232 g/mol. The predicted octanol–water partition coefficient (Wildman–Crippen LogP) is 1.02. The van der Waals surface area contributed by atoms with Crippen LogP contribution in [-0.4, -0.2) is 36.8 Å². The van der Waals surface area contributed by atoms with Gasteiger partial charge in [0.25, 0.3) is 0 Å². The van der Waals surface area contributed by atoms with Gasteiger partial charge in [-0.05, 0) is 30.7 Å². The van der Waals surface area contributed by atoms with Gasteiger partial charge in [0, 0.05) is 24.7 Å². The minimum absolute atomic E-state index is 0.0527. The fraction of sp³-hybridized carbons (Fsp3) is 0.462. The standard InChI is InChI=1S/C13H18N2O3/c1-9-6-10(2-3-12(9)16)15-13(17)7-11-8-18-5-4-14-11/h2-3,6,11,14,16H,4-5,7-8H2,1H3,(H,15,17). The maximum Gasteiger partial charge on any atom is 0.226 e. The molecule has 0 bridgehead atoms. The zero-order chi connectivity index (χ0) is 13.0. The Balaban J connectivity index is 1.88. The van der Waals surface area contributed by atoms with E-state index in [-0.39, 0.29) is 17.7 Å². The Labute approximate surface area is 106 Å². The lowest BCUT2D eigenvalue weighted by Crippen LogP contribution is -2.43. The summed E-state index contributed by atoms with van der Waals surface area (Å²) in [5, 5.41) is 15.4. The third-order valence-electron chi connectivity index (χ3n) is 2.91. The third-order valence-corrected chi connectivity index (χ3v) is 2.91. The molecule has 98 valence electrons. The van der Waals surface area contributed by atoms with Crippen LogP contribution in [0.4, 0.5) is 5.69 Å². The number of carbonyl (C=O) groups excluding carboxylic acids is 1. The monoisotopic (exact) mass is 250 g/mol. The number of anilines is 1. The molecule has 1 unspecified atom stereocenters. The van der Waals surface area contributed by atoms with Crippen LogP contribution in [-0.2, 0) is 9.53 Å². The Kier molecular flexibility index (Phi) is 4.17. The predicted molar refractivity (Wildman–Crippen MR) is 68.7 cm³/mol. The van der Waals surface area contributed by atoms with Crippen LogP contribution in [0.2, 0.25) is 0 Å². The van der Waals surface area contributed by atoms with Crippen LogP contribution in [0.15, 0.2) is 18.2 Å². The van der Waals surface area contributed by atoms with E-state index >= 15 is 0 Å². The first-order chi connectivity index (χ1) is 8.65. The molecule has 0 aliphatic carbocycles. The fourth-order valence-electron chi connectivity index (χ4n) is 1.92. The van der Waals surface area contributed by atoms with Gasteiger partial charge in [-0.1, -0.05) is 0 Å². The van der Waals surface area contributed by atoms with Crippen molar-refractivity contribution in [3.8, 4) is 5.75 Å². The van der Waals surface area contributed by atoms with Gasteiger partial charge < -0.3 is 20.5 Å². The number of carbonyl (C=O) groups is 1. The molecule has 2 rings (SSSR count). The highest BCUT2D eigenvalue weighted by Crippen LogP contribution is 2.20. The summed E-state index contributed by atoms with van der Waals surface area (Å²) >= 11 is 0. The number of rotatable bonds is 3. The van der Waals surface area contributed by atoms with E-state index in [1.807, 2.05) is 0 Å². The van der Waals surface area contributed by atoms with Gasteiger partial charge in [-0.2, -0.15) is 0 Å². The molecule has 1 saturated heterocycles. The number of aromatic hydroxyl groups is 1. The highest BCUT2D eigenvalue weighted by atomic mass is 16.5. The number of morpholine rings is 1. The first-order valence-electron chi connectivity index (χ1n) is 6.06. The Hall–Kier alpha value is -1.59. The molecule has 0 spiro atoms. The quantitative estimate of drug-likeness (QED) is 0.700. The molecule has 0 saturated carbocycles. The molecule has 1 aromatic rings. The number of hydrogen-bond acceptors (Lipinski definition) is 4. The number of amides is 1. The fourth-order valence-corrected chi connectivity index (χ4v) is 1.92. The molecule has 3 N–H and O–H groups in total. The minimum atomic E-state index is -0.0527. The van der Waals surface area contributed by atoms with Crippen molar-refractivity contribution in [1.82, 2.24) is 5.32 Å². The smallest absolute Gasteiger partial charge is 0.226 e. The Morgan fingerprint density at radius 1 is 1.61 bits per heavy atom. The first-order valence-corrected chi connectivity index (χ1v) is 6.06. The van der Waals surface area contributed by atoms with Crippen molar-refractivity contribution in [2.75, 3.05) is 25.1 Å². The van der Waals surface area contributed by atoms with E-state index in [1.165, 1.54) is 0 Å². The lowest BCUT2D eigenvalue weighted by Gasteiger charge is -2.23. The van der Waals surface area contributed by atoms with Crippen LogP contribution in [0.3, 0.4) is 0 Å². The van der Waals surface area contributed by atoms with Gasteiger partial charge in [0.1, 0.15) is 5.75 Å². The van der Waals surface area contributed by atoms with Crippen molar-refractivity contribution < 1.29 is 14.6 Å². The maximum absolute atomic E-state index is 11.8. The molecule has 1 aliphatic heterocycles. The first kappa shape index (κ1) is 12.9. The third kappa shape index (κ3) is 3.45. The summed E-state index contributed by atoms with van der Waals surface area (Å²) in [5.41, 5.74) is 1.44. The van der Waals surface area contributed by atoms with Crippen LogP contribution in [0.1, 0.15) is 12.0 Å². The SMILES string of the molecule is Cc1cc(NC(=O)CC2COCCN2)ccc1O. The molecule has 0 aromatic heterocycles. The summed E-state index contributed by atoms with van der Waals surface area (Å²) in [6, 6.07) is 5.09. The lowest BCUT2D eigenvalue weighted by atomic mass is 10.1. The van der Waals surface area contributed by atoms with Gasteiger partial charge in [-0.25, -0.2) is 0 Å². The molecule has 0 radical (unpaired) electrons. The van der Waals surface area contributed by atoms with Gasteiger partial charge in [0.05, 0.1) is 13.2 Å². The Morgan fingerprint density at radius 3 is 3.11 bits per heavy atom. The van der Waals surface area contributed by atoms with Gasteiger partial charge in [-0.3, -0.25) is 4.79 Å². The topological polar surface area (TPSA) is 70.6 Å². The van der Waals surface area contributed by atoms with Gasteiger partial charge >= 0.3 is 0 Å². The summed E-state index contributed by atoms with van der Waals surface area (Å²) < 4.78 is 5.29. The van der Waals surface area contributed by atoms with Crippen molar-refractivity contribution >= 4 is 11.6 Å². The highest BCUT2D eigenvalue weighted by molar-refractivity contribution is 5.91. The van der Waals surface area contributed by atoms with E-state index in [0.29, 0.717) is 25.3 Å². The van der Waals surface area contributed by atoms with E-state index in [9.17, 15) is 9.90 Å². The molecule has 5 heteroatoms. The minimum Gasteiger partial charge on any atom is -0.508 e. The number of nitrogens with one attached hydrogen (secondary N) is 2. The molecule has 1 aromatic carbocycles. The Bertz CT molecular complexity index is 428. The Morgan fingerprint density at radius 2 is 2.44 bits per heavy atom. The zero-order valence-corrected chi connectivity index (χ0v) is 10.4. The van der Waals surface area contributed by atoms with E-state index in [0.717, 1.165) is 12.1 Å². The van der Waals surface area contributed by atoms with Crippen LogP contribution in [0.5, 0.6) is 5.75 Å². The number of aryl methyl sites for hydroxylation is 1. The van der Waals surface area contributed by atoms with Crippen molar-refractivity contribution in [2.45, 2.75) is 19.4 Å². The lowest BCUT2D eigenvalue weighted by molar-refractivity contribution is -0.117. The second-order valence-corrected chi connectivity index (χ2v) is 4.48. The molecule has 1 atom stereocenters. The van der Waals surface area contributed by atoms with Crippen molar-refractivity contribution in [3.05, 3.63) is 23.8 Å². The molecule has 18 heavy (non-hydrogen) atoms.